The largest absolute Gasteiger partial charge is 0.491 e. The van der Waals surface area contributed by atoms with Crippen molar-refractivity contribution in [3.63, 3.8) is 0 Å². The number of aryl methyl sites for hydroxylation is 1. The van der Waals surface area contributed by atoms with Crippen molar-refractivity contribution in [1.29, 1.82) is 0 Å². The van der Waals surface area contributed by atoms with Crippen molar-refractivity contribution < 1.29 is 4.74 Å². The van der Waals surface area contributed by atoms with Crippen LogP contribution < -0.4 is 10.4 Å². The molecule has 0 radical (unpaired) electrons. The van der Waals surface area contributed by atoms with Crippen LogP contribution in [0.4, 0.5) is 0 Å². The Hall–Kier alpha value is -2.82. The molecule has 1 aromatic heterocycles. The quantitative estimate of drug-likeness (QED) is 0.691. The van der Waals surface area contributed by atoms with Gasteiger partial charge in [0.05, 0.1) is 12.3 Å². The van der Waals surface area contributed by atoms with Crippen LogP contribution in [0.15, 0.2) is 53.3 Å². The third kappa shape index (κ3) is 1.94. The van der Waals surface area contributed by atoms with E-state index in [9.17, 15) is 4.79 Å². The molecule has 0 spiro atoms. The second-order valence-electron chi connectivity index (χ2n) is 5.34. The smallest absolute Gasteiger partial charge is 0.369 e. The normalized spacial score (nSPS) is 13.0. The van der Waals surface area contributed by atoms with Gasteiger partial charge >= 0.3 is 5.69 Å². The lowest BCUT2D eigenvalue weighted by atomic mass is 10.2. The number of nitrogens with zero attached hydrogens (tertiary/aromatic N) is 3. The zero-order chi connectivity index (χ0) is 15.1. The Morgan fingerprint density at radius 3 is 2.73 bits per heavy atom. The molecule has 0 N–H and O–H groups in total. The molecular weight excluding hydrogens is 278 g/mol. The SMILES string of the molecule is Cc1ccc2c(c1)OCCc1nc(=O)n(-c3ccccc3)n1-2. The van der Waals surface area contributed by atoms with Crippen LogP contribution >= 0.6 is 0 Å². The highest BCUT2D eigenvalue weighted by atomic mass is 16.5. The summed E-state index contributed by atoms with van der Waals surface area (Å²) in [4.78, 5) is 16.6. The van der Waals surface area contributed by atoms with Gasteiger partial charge in [0.1, 0.15) is 17.3 Å². The minimum atomic E-state index is -0.269. The maximum atomic E-state index is 12.4. The molecule has 5 nitrogen and oxygen atoms in total. The molecule has 0 aliphatic carbocycles. The summed E-state index contributed by atoms with van der Waals surface area (Å²) in [6.45, 7) is 2.54. The summed E-state index contributed by atoms with van der Waals surface area (Å²) in [6.07, 6.45) is 0.600. The van der Waals surface area contributed by atoms with E-state index < -0.39 is 0 Å². The van der Waals surface area contributed by atoms with Crippen LogP contribution in [-0.4, -0.2) is 21.0 Å². The molecular formula is C17H15N3O2. The number of benzene rings is 2. The summed E-state index contributed by atoms with van der Waals surface area (Å²) in [7, 11) is 0. The second kappa shape index (κ2) is 4.87. The Bertz CT molecular complexity index is 894. The number of fused-ring (bicyclic) bond motifs is 3. The highest BCUT2D eigenvalue weighted by molar-refractivity contribution is 5.50. The van der Waals surface area contributed by atoms with Crippen LogP contribution in [0.1, 0.15) is 11.4 Å². The van der Waals surface area contributed by atoms with Crippen LogP contribution in [0.25, 0.3) is 11.4 Å². The van der Waals surface area contributed by atoms with Crippen molar-refractivity contribution in [3.8, 4) is 17.1 Å². The second-order valence-corrected chi connectivity index (χ2v) is 5.34. The Morgan fingerprint density at radius 2 is 1.91 bits per heavy atom. The highest BCUT2D eigenvalue weighted by Crippen LogP contribution is 2.28. The van der Waals surface area contributed by atoms with Crippen molar-refractivity contribution >= 4 is 0 Å². The summed E-state index contributed by atoms with van der Waals surface area (Å²) in [6, 6.07) is 15.5. The first-order chi connectivity index (χ1) is 10.7. The number of para-hydroxylation sites is 1. The minimum Gasteiger partial charge on any atom is -0.491 e. The summed E-state index contributed by atoms with van der Waals surface area (Å²) < 4.78 is 9.28. The first-order valence-electron chi connectivity index (χ1n) is 7.24. The van der Waals surface area contributed by atoms with Crippen molar-refractivity contribution in [2.75, 3.05) is 6.61 Å². The van der Waals surface area contributed by atoms with Gasteiger partial charge < -0.3 is 4.74 Å². The molecule has 1 aliphatic rings. The predicted molar refractivity (Wildman–Crippen MR) is 83.1 cm³/mol. The minimum absolute atomic E-state index is 0.269. The third-order valence-corrected chi connectivity index (χ3v) is 3.78. The van der Waals surface area contributed by atoms with Gasteiger partial charge in [0, 0.05) is 6.42 Å². The summed E-state index contributed by atoms with van der Waals surface area (Å²) in [5.41, 5.74) is 2.49. The Kier molecular flexibility index (Phi) is 2.85. The number of ether oxygens (including phenoxy) is 1. The first kappa shape index (κ1) is 12.9. The van der Waals surface area contributed by atoms with E-state index in [-0.39, 0.29) is 5.69 Å². The molecule has 4 rings (SSSR count). The molecule has 0 unspecified atom stereocenters. The molecule has 2 aromatic carbocycles. The van der Waals surface area contributed by atoms with E-state index in [1.165, 1.54) is 0 Å². The average Bonchev–Trinajstić information content (AvgIpc) is 2.75. The molecule has 1 aliphatic heterocycles. The van der Waals surface area contributed by atoms with E-state index in [4.69, 9.17) is 4.74 Å². The van der Waals surface area contributed by atoms with Gasteiger partial charge in [0.25, 0.3) is 0 Å². The molecule has 22 heavy (non-hydrogen) atoms. The number of rotatable bonds is 1. The summed E-state index contributed by atoms with van der Waals surface area (Å²) in [5, 5.41) is 0. The Labute approximate surface area is 127 Å². The van der Waals surface area contributed by atoms with E-state index in [1.807, 2.05) is 60.1 Å². The fourth-order valence-electron chi connectivity index (χ4n) is 2.77. The average molecular weight is 293 g/mol. The number of aromatic nitrogens is 3. The third-order valence-electron chi connectivity index (χ3n) is 3.78. The van der Waals surface area contributed by atoms with Crippen LogP contribution in [-0.2, 0) is 6.42 Å². The van der Waals surface area contributed by atoms with Crippen molar-refractivity contribution in [3.05, 3.63) is 70.4 Å². The Balaban J connectivity index is 2.04. The fourth-order valence-corrected chi connectivity index (χ4v) is 2.77. The molecule has 0 saturated heterocycles. The zero-order valence-electron chi connectivity index (χ0n) is 12.2. The van der Waals surface area contributed by atoms with Crippen molar-refractivity contribution in [1.82, 2.24) is 14.3 Å². The summed E-state index contributed by atoms with van der Waals surface area (Å²) >= 11 is 0. The fraction of sp³-hybridized carbons (Fsp3) is 0.176. The number of hydrogen-bond acceptors (Lipinski definition) is 3. The van der Waals surface area contributed by atoms with Gasteiger partial charge in [-0.05, 0) is 36.8 Å². The molecule has 3 aromatic rings. The molecule has 5 heteroatoms. The molecule has 0 fully saturated rings. The van der Waals surface area contributed by atoms with E-state index >= 15 is 0 Å². The van der Waals surface area contributed by atoms with E-state index in [0.29, 0.717) is 13.0 Å². The van der Waals surface area contributed by atoms with Crippen LogP contribution in [0, 0.1) is 6.92 Å². The van der Waals surface area contributed by atoms with Gasteiger partial charge in [-0.15, -0.1) is 0 Å². The molecule has 110 valence electrons. The lowest BCUT2D eigenvalue weighted by Gasteiger charge is -2.14. The van der Waals surface area contributed by atoms with Gasteiger partial charge in [-0.2, -0.15) is 9.67 Å². The van der Waals surface area contributed by atoms with Gasteiger partial charge in [0.2, 0.25) is 0 Å². The number of hydrogen-bond donors (Lipinski definition) is 0. The maximum Gasteiger partial charge on any atom is 0.369 e. The van der Waals surface area contributed by atoms with Gasteiger partial charge in [-0.1, -0.05) is 24.3 Å². The highest BCUT2D eigenvalue weighted by Gasteiger charge is 2.21. The topological polar surface area (TPSA) is 49.0 Å². The van der Waals surface area contributed by atoms with Crippen molar-refractivity contribution in [2.24, 2.45) is 0 Å². The standard InChI is InChI=1S/C17H15N3O2/c1-12-7-8-14-15(11-12)22-10-9-16-18-17(21)19(20(14)16)13-5-3-2-4-6-13/h2-8,11H,9-10H2,1H3. The van der Waals surface area contributed by atoms with E-state index in [0.717, 1.165) is 28.5 Å². The molecule has 0 amide bonds. The summed E-state index contributed by atoms with van der Waals surface area (Å²) in [5.74, 6) is 1.50. The van der Waals surface area contributed by atoms with Crippen LogP contribution in [0.3, 0.4) is 0 Å². The van der Waals surface area contributed by atoms with Gasteiger partial charge in [-0.25, -0.2) is 9.48 Å². The van der Waals surface area contributed by atoms with Crippen LogP contribution in [0.2, 0.25) is 0 Å². The Morgan fingerprint density at radius 1 is 1.09 bits per heavy atom. The first-order valence-corrected chi connectivity index (χ1v) is 7.24. The lowest BCUT2D eigenvalue weighted by molar-refractivity contribution is 0.325. The van der Waals surface area contributed by atoms with Crippen molar-refractivity contribution in [2.45, 2.75) is 13.3 Å². The van der Waals surface area contributed by atoms with Gasteiger partial charge in [-0.3, -0.25) is 0 Å². The van der Waals surface area contributed by atoms with Crippen LogP contribution in [0.5, 0.6) is 5.75 Å². The zero-order valence-corrected chi connectivity index (χ0v) is 12.2. The molecule has 0 bridgehead atoms. The molecule has 2 heterocycles. The monoisotopic (exact) mass is 293 g/mol. The van der Waals surface area contributed by atoms with E-state index in [2.05, 4.69) is 4.98 Å². The molecule has 0 saturated carbocycles. The molecule has 0 atom stereocenters. The lowest BCUT2D eigenvalue weighted by Crippen LogP contribution is -2.21. The predicted octanol–water partition coefficient (Wildman–Crippen LogP) is 2.27. The maximum absolute atomic E-state index is 12.4. The van der Waals surface area contributed by atoms with E-state index in [1.54, 1.807) is 4.68 Å². The van der Waals surface area contributed by atoms with Gasteiger partial charge in [0.15, 0.2) is 0 Å².